The van der Waals surface area contributed by atoms with E-state index in [4.69, 9.17) is 9.15 Å². The maximum absolute atomic E-state index is 12.0. The van der Waals surface area contributed by atoms with Gasteiger partial charge in [0.15, 0.2) is 6.10 Å². The molecule has 0 aliphatic heterocycles. The molecular weight excluding hydrogens is 270 g/mol. The van der Waals surface area contributed by atoms with Crippen molar-refractivity contribution < 1.29 is 19.1 Å². The zero-order valence-electron chi connectivity index (χ0n) is 12.2. The lowest BCUT2D eigenvalue weighted by atomic mass is 10.2. The summed E-state index contributed by atoms with van der Waals surface area (Å²) in [5, 5.41) is 9.93. The number of hydrogen-bond acceptors (Lipinski definition) is 4. The Morgan fingerprint density at radius 2 is 2.14 bits per heavy atom. The normalized spacial score (nSPS) is 12.0. The predicted molar refractivity (Wildman–Crippen MR) is 77.9 cm³/mol. The topological polar surface area (TPSA) is 62.9 Å². The Bertz CT molecular complexity index is 580. The Morgan fingerprint density at radius 3 is 2.81 bits per heavy atom. The molecule has 1 aromatic heterocycles. The molecule has 0 aliphatic rings. The summed E-state index contributed by atoms with van der Waals surface area (Å²) in [5.74, 6) is 0.284. The fraction of sp³-hybridized carbons (Fsp3) is 0.312. The van der Waals surface area contributed by atoms with Crippen molar-refractivity contribution in [3.8, 4) is 5.75 Å². The summed E-state index contributed by atoms with van der Waals surface area (Å²) in [4.78, 5) is 13.5. The van der Waals surface area contributed by atoms with Crippen LogP contribution in [0.25, 0.3) is 0 Å². The molecule has 1 atom stereocenters. The van der Waals surface area contributed by atoms with Crippen LogP contribution in [0.4, 0.5) is 0 Å². The Hall–Kier alpha value is -2.27. The van der Waals surface area contributed by atoms with Crippen LogP contribution in [0.15, 0.2) is 47.3 Å². The second-order valence-electron chi connectivity index (χ2n) is 4.92. The molecule has 2 aromatic rings. The number of aryl methyl sites for hydroxylation is 1. The number of rotatable bonds is 6. The predicted octanol–water partition coefficient (Wildman–Crippen LogP) is 1.99. The molecule has 0 fully saturated rings. The molecule has 0 saturated heterocycles. The molecule has 5 heteroatoms. The van der Waals surface area contributed by atoms with E-state index in [9.17, 15) is 9.90 Å². The first-order valence-corrected chi connectivity index (χ1v) is 6.70. The minimum absolute atomic E-state index is 0.0700. The number of likely N-dealkylation sites (N-methyl/N-ethyl adjacent to an activating group) is 1. The molecule has 1 N–H and O–H groups in total. The van der Waals surface area contributed by atoms with Crippen molar-refractivity contribution >= 4 is 5.91 Å². The van der Waals surface area contributed by atoms with Crippen molar-refractivity contribution in [2.75, 3.05) is 13.7 Å². The lowest BCUT2D eigenvalue weighted by Gasteiger charge is -2.20. The monoisotopic (exact) mass is 289 g/mol. The SMILES string of the molecule is Cc1ccccc1OCC(O)C(=O)N(C)Cc1ccoc1. The number of para-hydroxylation sites is 1. The fourth-order valence-electron chi connectivity index (χ4n) is 1.95. The van der Waals surface area contributed by atoms with E-state index in [0.717, 1.165) is 11.1 Å². The molecule has 0 spiro atoms. The zero-order chi connectivity index (χ0) is 15.2. The quantitative estimate of drug-likeness (QED) is 0.883. The summed E-state index contributed by atoms with van der Waals surface area (Å²) >= 11 is 0. The average molecular weight is 289 g/mol. The fourth-order valence-corrected chi connectivity index (χ4v) is 1.95. The van der Waals surface area contributed by atoms with Crippen LogP contribution in [0.1, 0.15) is 11.1 Å². The van der Waals surface area contributed by atoms with E-state index in [0.29, 0.717) is 12.3 Å². The second kappa shape index (κ2) is 6.95. The highest BCUT2D eigenvalue weighted by Gasteiger charge is 2.20. The zero-order valence-corrected chi connectivity index (χ0v) is 12.2. The van der Waals surface area contributed by atoms with E-state index in [1.165, 1.54) is 4.90 Å². The molecule has 0 radical (unpaired) electrons. The number of nitrogens with zero attached hydrogens (tertiary/aromatic N) is 1. The molecule has 2 rings (SSSR count). The summed E-state index contributed by atoms with van der Waals surface area (Å²) in [5.41, 5.74) is 1.83. The highest BCUT2D eigenvalue weighted by Crippen LogP contribution is 2.16. The lowest BCUT2D eigenvalue weighted by molar-refractivity contribution is -0.140. The van der Waals surface area contributed by atoms with Gasteiger partial charge in [0.2, 0.25) is 0 Å². The minimum atomic E-state index is -1.19. The maximum atomic E-state index is 12.0. The van der Waals surface area contributed by atoms with E-state index >= 15 is 0 Å². The van der Waals surface area contributed by atoms with Gasteiger partial charge in [-0.05, 0) is 24.6 Å². The molecule has 5 nitrogen and oxygen atoms in total. The largest absolute Gasteiger partial charge is 0.490 e. The first-order chi connectivity index (χ1) is 10.1. The van der Waals surface area contributed by atoms with Crippen LogP contribution in [-0.2, 0) is 11.3 Å². The number of furan rings is 1. The molecular formula is C16H19NO4. The minimum Gasteiger partial charge on any atom is -0.490 e. The highest BCUT2D eigenvalue weighted by atomic mass is 16.5. The van der Waals surface area contributed by atoms with Gasteiger partial charge in [-0.15, -0.1) is 0 Å². The summed E-state index contributed by atoms with van der Waals surface area (Å²) < 4.78 is 10.4. The van der Waals surface area contributed by atoms with Crippen LogP contribution in [0.3, 0.4) is 0 Å². The number of aliphatic hydroxyl groups is 1. The Morgan fingerprint density at radius 1 is 1.38 bits per heavy atom. The van der Waals surface area contributed by atoms with Gasteiger partial charge in [-0.25, -0.2) is 0 Å². The van der Waals surface area contributed by atoms with Gasteiger partial charge in [0.05, 0.1) is 12.5 Å². The molecule has 0 saturated carbocycles. The van der Waals surface area contributed by atoms with Crippen molar-refractivity contribution in [1.82, 2.24) is 4.90 Å². The highest BCUT2D eigenvalue weighted by molar-refractivity contribution is 5.80. The molecule has 0 bridgehead atoms. The van der Waals surface area contributed by atoms with Crippen molar-refractivity contribution in [2.24, 2.45) is 0 Å². The van der Waals surface area contributed by atoms with Crippen LogP contribution >= 0.6 is 0 Å². The van der Waals surface area contributed by atoms with E-state index in [1.807, 2.05) is 31.2 Å². The third-order valence-electron chi connectivity index (χ3n) is 3.15. The van der Waals surface area contributed by atoms with Gasteiger partial charge in [0.1, 0.15) is 12.4 Å². The number of ether oxygens (including phenoxy) is 1. The maximum Gasteiger partial charge on any atom is 0.255 e. The van der Waals surface area contributed by atoms with E-state index in [1.54, 1.807) is 25.6 Å². The lowest BCUT2D eigenvalue weighted by Crippen LogP contribution is -2.39. The first kappa shape index (κ1) is 15.1. The Labute approximate surface area is 123 Å². The summed E-state index contributed by atoms with van der Waals surface area (Å²) in [6, 6.07) is 9.25. The summed E-state index contributed by atoms with van der Waals surface area (Å²) in [7, 11) is 1.63. The second-order valence-corrected chi connectivity index (χ2v) is 4.92. The van der Waals surface area contributed by atoms with E-state index in [2.05, 4.69) is 0 Å². The molecule has 21 heavy (non-hydrogen) atoms. The summed E-state index contributed by atoms with van der Waals surface area (Å²) in [6.07, 6.45) is 1.92. The number of amides is 1. The van der Waals surface area contributed by atoms with Gasteiger partial charge in [0.25, 0.3) is 5.91 Å². The molecule has 1 aromatic carbocycles. The van der Waals surface area contributed by atoms with Crippen LogP contribution in [0, 0.1) is 6.92 Å². The first-order valence-electron chi connectivity index (χ1n) is 6.70. The third-order valence-corrected chi connectivity index (χ3v) is 3.15. The summed E-state index contributed by atoms with van der Waals surface area (Å²) in [6.45, 7) is 2.23. The average Bonchev–Trinajstić information content (AvgIpc) is 2.98. The Kier molecular flexibility index (Phi) is 5.00. The van der Waals surface area contributed by atoms with Gasteiger partial charge < -0.3 is 19.2 Å². The van der Waals surface area contributed by atoms with Crippen LogP contribution in [0.2, 0.25) is 0 Å². The van der Waals surface area contributed by atoms with Gasteiger partial charge in [0, 0.05) is 19.2 Å². The molecule has 0 aliphatic carbocycles. The smallest absolute Gasteiger partial charge is 0.255 e. The molecule has 1 heterocycles. The van der Waals surface area contributed by atoms with Gasteiger partial charge in [-0.3, -0.25) is 4.79 Å². The molecule has 1 unspecified atom stereocenters. The van der Waals surface area contributed by atoms with Crippen molar-refractivity contribution in [2.45, 2.75) is 19.6 Å². The van der Waals surface area contributed by atoms with Gasteiger partial charge >= 0.3 is 0 Å². The van der Waals surface area contributed by atoms with Gasteiger partial charge in [-0.1, -0.05) is 18.2 Å². The number of carbonyl (C=O) groups is 1. The third kappa shape index (κ3) is 4.10. The van der Waals surface area contributed by atoms with Crippen LogP contribution in [0.5, 0.6) is 5.75 Å². The van der Waals surface area contributed by atoms with Gasteiger partial charge in [-0.2, -0.15) is 0 Å². The number of carbonyl (C=O) groups excluding carboxylic acids is 1. The molecule has 1 amide bonds. The molecule has 112 valence electrons. The van der Waals surface area contributed by atoms with Crippen molar-refractivity contribution in [1.29, 1.82) is 0 Å². The van der Waals surface area contributed by atoms with Crippen molar-refractivity contribution in [3.05, 3.63) is 54.0 Å². The van der Waals surface area contributed by atoms with E-state index in [-0.39, 0.29) is 12.5 Å². The number of aliphatic hydroxyl groups excluding tert-OH is 1. The van der Waals surface area contributed by atoms with E-state index < -0.39 is 6.10 Å². The standard InChI is InChI=1S/C16H19NO4/c1-12-5-3-4-6-15(12)21-11-14(18)16(19)17(2)9-13-7-8-20-10-13/h3-8,10,14,18H,9,11H2,1-2H3. The van der Waals surface area contributed by atoms with Crippen LogP contribution < -0.4 is 4.74 Å². The number of benzene rings is 1. The Balaban J connectivity index is 1.86. The van der Waals surface area contributed by atoms with Crippen molar-refractivity contribution in [3.63, 3.8) is 0 Å². The number of hydrogen-bond donors (Lipinski definition) is 1. The van der Waals surface area contributed by atoms with Crippen LogP contribution in [-0.4, -0.2) is 35.7 Å².